The van der Waals surface area contributed by atoms with E-state index in [9.17, 15) is 9.59 Å². The summed E-state index contributed by atoms with van der Waals surface area (Å²) in [5, 5.41) is 4.10. The van der Waals surface area contributed by atoms with Crippen molar-refractivity contribution in [3.05, 3.63) is 33.0 Å². The molecule has 21 heavy (non-hydrogen) atoms. The lowest BCUT2D eigenvalue weighted by Gasteiger charge is -2.05. The van der Waals surface area contributed by atoms with Crippen LogP contribution < -0.4 is 16.7 Å². The second-order valence-electron chi connectivity index (χ2n) is 4.78. The van der Waals surface area contributed by atoms with E-state index in [0.717, 1.165) is 5.71 Å². The number of rotatable bonds is 4. The average Bonchev–Trinajstić information content (AvgIpc) is 2.79. The van der Waals surface area contributed by atoms with Crippen LogP contribution in [0.5, 0.6) is 0 Å². The quantitative estimate of drug-likeness (QED) is 0.494. The molecule has 0 atom stereocenters. The molecule has 0 aromatic carbocycles. The summed E-state index contributed by atoms with van der Waals surface area (Å²) in [6, 6.07) is 0. The van der Waals surface area contributed by atoms with Crippen LogP contribution in [0.15, 0.2) is 26.8 Å². The summed E-state index contributed by atoms with van der Waals surface area (Å²) >= 11 is 0. The maximum absolute atomic E-state index is 12.1. The normalized spacial score (nSPS) is 11.2. The summed E-state index contributed by atoms with van der Waals surface area (Å²) < 4.78 is 2.98. The van der Waals surface area contributed by atoms with Crippen LogP contribution in [-0.2, 0) is 13.6 Å². The Labute approximate surface area is 120 Å². The Bertz CT molecular complexity index is 833. The average molecular weight is 290 g/mol. The van der Waals surface area contributed by atoms with Crippen molar-refractivity contribution in [2.45, 2.75) is 27.3 Å². The SMILES string of the molecule is CC=CCn1c(NN=C(C)C)nc2c1c(=O)[nH]c(=O)n2C. The highest BCUT2D eigenvalue weighted by Crippen LogP contribution is 2.15. The van der Waals surface area contributed by atoms with Gasteiger partial charge in [0, 0.05) is 19.3 Å². The lowest BCUT2D eigenvalue weighted by atomic mass is 10.4. The van der Waals surface area contributed by atoms with Gasteiger partial charge in [-0.15, -0.1) is 0 Å². The first kappa shape index (κ1) is 14.8. The maximum Gasteiger partial charge on any atom is 0.329 e. The van der Waals surface area contributed by atoms with Gasteiger partial charge in [0.05, 0.1) is 0 Å². The number of nitrogens with one attached hydrogen (secondary N) is 2. The molecule has 8 heteroatoms. The van der Waals surface area contributed by atoms with Gasteiger partial charge in [-0.05, 0) is 20.8 Å². The molecular formula is C13H18N6O2. The molecule has 0 bridgehead atoms. The second-order valence-corrected chi connectivity index (χ2v) is 4.78. The zero-order valence-corrected chi connectivity index (χ0v) is 12.5. The third-order valence-electron chi connectivity index (χ3n) is 2.91. The van der Waals surface area contributed by atoms with Crippen LogP contribution in [0.1, 0.15) is 20.8 Å². The fourth-order valence-electron chi connectivity index (χ4n) is 1.87. The first-order chi connectivity index (χ1) is 9.95. The number of hydrazone groups is 1. The van der Waals surface area contributed by atoms with Crippen molar-refractivity contribution in [3.63, 3.8) is 0 Å². The van der Waals surface area contributed by atoms with Crippen LogP contribution in [0, 0.1) is 0 Å². The molecule has 0 amide bonds. The molecule has 0 radical (unpaired) electrons. The van der Waals surface area contributed by atoms with Gasteiger partial charge in [-0.1, -0.05) is 12.2 Å². The number of hydrogen-bond acceptors (Lipinski definition) is 5. The van der Waals surface area contributed by atoms with Crippen LogP contribution in [0.4, 0.5) is 5.95 Å². The van der Waals surface area contributed by atoms with Gasteiger partial charge in [-0.2, -0.15) is 10.1 Å². The van der Waals surface area contributed by atoms with Crippen LogP contribution in [0.3, 0.4) is 0 Å². The summed E-state index contributed by atoms with van der Waals surface area (Å²) in [4.78, 5) is 30.3. The molecule has 2 aromatic heterocycles. The van der Waals surface area contributed by atoms with Crippen molar-refractivity contribution in [2.24, 2.45) is 12.1 Å². The predicted octanol–water partition coefficient (Wildman–Crippen LogP) is 0.807. The molecule has 2 heterocycles. The van der Waals surface area contributed by atoms with Gasteiger partial charge in [-0.25, -0.2) is 10.2 Å². The van der Waals surface area contributed by atoms with Gasteiger partial charge in [0.15, 0.2) is 11.2 Å². The lowest BCUT2D eigenvalue weighted by molar-refractivity contribution is 0.818. The van der Waals surface area contributed by atoms with Crippen molar-refractivity contribution in [2.75, 3.05) is 5.43 Å². The first-order valence-corrected chi connectivity index (χ1v) is 6.53. The third-order valence-corrected chi connectivity index (χ3v) is 2.91. The van der Waals surface area contributed by atoms with Crippen molar-refractivity contribution in [1.29, 1.82) is 0 Å². The minimum Gasteiger partial charge on any atom is -0.299 e. The molecule has 2 N–H and O–H groups in total. The minimum atomic E-state index is -0.495. The van der Waals surface area contributed by atoms with E-state index in [1.165, 1.54) is 4.57 Å². The number of aryl methyl sites for hydroxylation is 1. The molecule has 2 rings (SSSR count). The smallest absolute Gasteiger partial charge is 0.299 e. The highest BCUT2D eigenvalue weighted by Gasteiger charge is 2.16. The fraction of sp³-hybridized carbons (Fsp3) is 0.385. The van der Waals surface area contributed by atoms with Gasteiger partial charge < -0.3 is 0 Å². The van der Waals surface area contributed by atoms with Crippen molar-refractivity contribution in [1.82, 2.24) is 19.1 Å². The summed E-state index contributed by atoms with van der Waals surface area (Å²) in [5.74, 6) is 0.413. The summed E-state index contributed by atoms with van der Waals surface area (Å²) in [6.45, 7) is 6.03. The van der Waals surface area contributed by atoms with Crippen LogP contribution in [0.25, 0.3) is 11.2 Å². The van der Waals surface area contributed by atoms with E-state index in [1.807, 2.05) is 32.9 Å². The highest BCUT2D eigenvalue weighted by molar-refractivity contribution is 5.80. The summed E-state index contributed by atoms with van der Waals surface area (Å²) in [6.07, 6.45) is 3.76. The van der Waals surface area contributed by atoms with Crippen molar-refractivity contribution >= 4 is 22.8 Å². The Hall–Kier alpha value is -2.64. The Kier molecular flexibility index (Phi) is 4.06. The van der Waals surface area contributed by atoms with Gasteiger partial charge in [0.2, 0.25) is 5.95 Å². The van der Waals surface area contributed by atoms with E-state index in [0.29, 0.717) is 23.7 Å². The molecule has 112 valence electrons. The Morgan fingerprint density at radius 1 is 1.43 bits per heavy atom. The molecule has 0 saturated heterocycles. The number of anilines is 1. The standard InChI is InChI=1S/C13H18N6O2/c1-5-6-7-19-9-10(14-12(19)17-16-8(2)3)18(4)13(21)15-11(9)20/h5-6H,7H2,1-4H3,(H,14,17)(H,15,20,21). The Morgan fingerprint density at radius 2 is 2.14 bits per heavy atom. The first-order valence-electron chi connectivity index (χ1n) is 6.53. The number of hydrogen-bond donors (Lipinski definition) is 2. The van der Waals surface area contributed by atoms with E-state index >= 15 is 0 Å². The summed E-state index contributed by atoms with van der Waals surface area (Å²) in [5.41, 5.74) is 3.34. The van der Waals surface area contributed by atoms with Gasteiger partial charge in [0.25, 0.3) is 5.56 Å². The fourth-order valence-corrected chi connectivity index (χ4v) is 1.87. The monoisotopic (exact) mass is 290 g/mol. The second kappa shape index (κ2) is 5.78. The number of imidazole rings is 1. The number of H-pyrrole nitrogens is 1. The molecule has 2 aromatic rings. The zero-order chi connectivity index (χ0) is 15.6. The Morgan fingerprint density at radius 3 is 2.76 bits per heavy atom. The molecule has 0 aliphatic carbocycles. The third kappa shape index (κ3) is 2.78. The molecule has 0 fully saturated rings. The minimum absolute atomic E-state index is 0.319. The summed E-state index contributed by atoms with van der Waals surface area (Å²) in [7, 11) is 1.56. The number of nitrogens with zero attached hydrogens (tertiary/aromatic N) is 4. The largest absolute Gasteiger partial charge is 0.329 e. The number of aromatic amines is 1. The van der Waals surface area contributed by atoms with E-state index in [2.05, 4.69) is 20.5 Å². The molecule has 0 saturated carbocycles. The number of aromatic nitrogens is 4. The van der Waals surface area contributed by atoms with Crippen molar-refractivity contribution in [3.8, 4) is 0 Å². The van der Waals surface area contributed by atoms with Gasteiger partial charge in [0.1, 0.15) is 0 Å². The van der Waals surface area contributed by atoms with Crippen LogP contribution >= 0.6 is 0 Å². The van der Waals surface area contributed by atoms with E-state index in [1.54, 1.807) is 11.6 Å². The van der Waals surface area contributed by atoms with E-state index in [4.69, 9.17) is 0 Å². The molecule has 8 nitrogen and oxygen atoms in total. The zero-order valence-electron chi connectivity index (χ0n) is 12.5. The van der Waals surface area contributed by atoms with Crippen molar-refractivity contribution < 1.29 is 0 Å². The molecule has 0 aliphatic heterocycles. The molecule has 0 spiro atoms. The molecule has 0 unspecified atom stereocenters. The van der Waals surface area contributed by atoms with Crippen LogP contribution in [0.2, 0.25) is 0 Å². The lowest BCUT2D eigenvalue weighted by Crippen LogP contribution is -2.29. The Balaban J connectivity index is 2.75. The molecular weight excluding hydrogens is 272 g/mol. The van der Waals surface area contributed by atoms with E-state index in [-0.39, 0.29) is 0 Å². The predicted molar refractivity (Wildman–Crippen MR) is 82.8 cm³/mol. The van der Waals surface area contributed by atoms with Gasteiger partial charge >= 0.3 is 5.69 Å². The van der Waals surface area contributed by atoms with Crippen LogP contribution in [-0.4, -0.2) is 24.8 Å². The number of fused-ring (bicyclic) bond motifs is 1. The van der Waals surface area contributed by atoms with E-state index < -0.39 is 11.2 Å². The topological polar surface area (TPSA) is 97.1 Å². The van der Waals surface area contributed by atoms with Gasteiger partial charge in [-0.3, -0.25) is 18.9 Å². The number of allylic oxidation sites excluding steroid dienone is 2. The highest BCUT2D eigenvalue weighted by atomic mass is 16.2. The maximum atomic E-state index is 12.1. The molecule has 0 aliphatic rings.